The quantitative estimate of drug-likeness (QED) is 0.906. The number of benzene rings is 1. The Bertz CT molecular complexity index is 415. The van der Waals surface area contributed by atoms with Crippen LogP contribution in [0.4, 0.5) is 10.1 Å². The fourth-order valence-electron chi connectivity index (χ4n) is 2.64. The maximum absolute atomic E-state index is 14.0. The van der Waals surface area contributed by atoms with Gasteiger partial charge in [-0.1, -0.05) is 13.0 Å². The molecule has 0 spiro atoms. The van der Waals surface area contributed by atoms with Gasteiger partial charge in [-0.15, -0.1) is 0 Å². The van der Waals surface area contributed by atoms with E-state index in [2.05, 4.69) is 24.1 Å². The maximum atomic E-state index is 14.0. The molecule has 1 aliphatic heterocycles. The lowest BCUT2D eigenvalue weighted by atomic mass is 10.1. The van der Waals surface area contributed by atoms with Crippen LogP contribution in [0.2, 0.25) is 0 Å². The monoisotopic (exact) mass is 266 g/mol. The standard InChI is InChI=1S/C15H23FN2O/c1-4-17-8-13-14(16)6-5-7-15(13)18-9-11(2)19-12(3)10-18/h5-7,11-12,17H,4,8-10H2,1-3H3/t11-,12+. The molecule has 0 radical (unpaired) electrons. The molecule has 1 heterocycles. The highest BCUT2D eigenvalue weighted by molar-refractivity contribution is 5.54. The maximum Gasteiger partial charge on any atom is 0.129 e. The van der Waals surface area contributed by atoms with E-state index in [4.69, 9.17) is 4.74 Å². The number of hydrogen-bond acceptors (Lipinski definition) is 3. The summed E-state index contributed by atoms with van der Waals surface area (Å²) in [5.41, 5.74) is 1.74. The molecule has 1 aliphatic rings. The van der Waals surface area contributed by atoms with E-state index in [1.807, 2.05) is 13.0 Å². The van der Waals surface area contributed by atoms with Crippen molar-refractivity contribution in [1.82, 2.24) is 5.32 Å². The van der Waals surface area contributed by atoms with Gasteiger partial charge in [0.2, 0.25) is 0 Å². The predicted molar refractivity (Wildman–Crippen MR) is 76.0 cm³/mol. The molecule has 106 valence electrons. The molecule has 1 saturated heterocycles. The van der Waals surface area contributed by atoms with Gasteiger partial charge in [-0.2, -0.15) is 0 Å². The molecule has 0 amide bonds. The van der Waals surface area contributed by atoms with Crippen LogP contribution in [0, 0.1) is 5.82 Å². The molecule has 0 saturated carbocycles. The molecule has 4 heteroatoms. The molecule has 0 aromatic heterocycles. The van der Waals surface area contributed by atoms with Crippen molar-refractivity contribution < 1.29 is 9.13 Å². The first-order chi connectivity index (χ1) is 9.11. The highest BCUT2D eigenvalue weighted by Crippen LogP contribution is 2.26. The van der Waals surface area contributed by atoms with Crippen LogP contribution in [0.25, 0.3) is 0 Å². The second-order valence-electron chi connectivity index (χ2n) is 5.18. The van der Waals surface area contributed by atoms with E-state index in [1.165, 1.54) is 6.07 Å². The largest absolute Gasteiger partial charge is 0.372 e. The normalized spacial score (nSPS) is 23.7. The molecular weight excluding hydrogens is 243 g/mol. The fourth-order valence-corrected chi connectivity index (χ4v) is 2.64. The Morgan fingerprint density at radius 1 is 1.32 bits per heavy atom. The lowest BCUT2D eigenvalue weighted by molar-refractivity contribution is -0.00528. The first kappa shape index (κ1) is 14.3. The van der Waals surface area contributed by atoms with Crippen molar-refractivity contribution >= 4 is 5.69 Å². The summed E-state index contributed by atoms with van der Waals surface area (Å²) in [7, 11) is 0. The van der Waals surface area contributed by atoms with E-state index in [-0.39, 0.29) is 18.0 Å². The summed E-state index contributed by atoms with van der Waals surface area (Å²) in [6.45, 7) is 9.18. The van der Waals surface area contributed by atoms with Crippen LogP contribution in [0.5, 0.6) is 0 Å². The van der Waals surface area contributed by atoms with Gasteiger partial charge in [0.1, 0.15) is 5.82 Å². The van der Waals surface area contributed by atoms with Crippen LogP contribution in [0.1, 0.15) is 26.3 Å². The van der Waals surface area contributed by atoms with Crippen molar-refractivity contribution in [2.24, 2.45) is 0 Å². The number of nitrogens with one attached hydrogen (secondary N) is 1. The second kappa shape index (κ2) is 6.35. The minimum atomic E-state index is -0.134. The van der Waals surface area contributed by atoms with Gasteiger partial charge < -0.3 is 15.0 Å². The minimum Gasteiger partial charge on any atom is -0.372 e. The number of morpholine rings is 1. The molecule has 2 atom stereocenters. The summed E-state index contributed by atoms with van der Waals surface area (Å²) < 4.78 is 19.8. The van der Waals surface area contributed by atoms with E-state index in [0.717, 1.165) is 30.9 Å². The highest BCUT2D eigenvalue weighted by atomic mass is 19.1. The third-order valence-electron chi connectivity index (χ3n) is 3.41. The Balaban J connectivity index is 2.25. The molecule has 0 bridgehead atoms. The smallest absolute Gasteiger partial charge is 0.129 e. The minimum absolute atomic E-state index is 0.134. The van der Waals surface area contributed by atoms with Gasteiger partial charge in [-0.05, 0) is 32.5 Å². The van der Waals surface area contributed by atoms with Gasteiger partial charge in [-0.3, -0.25) is 0 Å². The fraction of sp³-hybridized carbons (Fsp3) is 0.600. The predicted octanol–water partition coefficient (Wildman–Crippen LogP) is 2.55. The first-order valence-electron chi connectivity index (χ1n) is 7.00. The zero-order chi connectivity index (χ0) is 13.8. The van der Waals surface area contributed by atoms with Crippen LogP contribution < -0.4 is 10.2 Å². The third kappa shape index (κ3) is 3.45. The average molecular weight is 266 g/mol. The van der Waals surface area contributed by atoms with Crippen molar-refractivity contribution in [3.8, 4) is 0 Å². The lowest BCUT2D eigenvalue weighted by Gasteiger charge is -2.37. The molecular formula is C15H23FN2O. The molecule has 1 aromatic carbocycles. The number of nitrogens with zero attached hydrogens (tertiary/aromatic N) is 1. The summed E-state index contributed by atoms with van der Waals surface area (Å²) in [5.74, 6) is -0.134. The molecule has 0 aliphatic carbocycles. The number of halogens is 1. The highest BCUT2D eigenvalue weighted by Gasteiger charge is 2.24. The SMILES string of the molecule is CCNCc1c(F)cccc1N1C[C@@H](C)O[C@@H](C)C1. The Hall–Kier alpha value is -1.13. The van der Waals surface area contributed by atoms with Crippen molar-refractivity contribution in [2.75, 3.05) is 24.5 Å². The summed E-state index contributed by atoms with van der Waals surface area (Å²) in [6.07, 6.45) is 0.359. The zero-order valence-electron chi connectivity index (χ0n) is 11.9. The lowest BCUT2D eigenvalue weighted by Crippen LogP contribution is -2.46. The van der Waals surface area contributed by atoms with Gasteiger partial charge in [-0.25, -0.2) is 4.39 Å². The van der Waals surface area contributed by atoms with Crippen LogP contribution in [-0.4, -0.2) is 31.8 Å². The Morgan fingerprint density at radius 2 is 2.00 bits per heavy atom. The van der Waals surface area contributed by atoms with Crippen LogP contribution in [0.3, 0.4) is 0 Å². The second-order valence-corrected chi connectivity index (χ2v) is 5.18. The third-order valence-corrected chi connectivity index (χ3v) is 3.41. The van der Waals surface area contributed by atoms with Crippen molar-refractivity contribution in [3.63, 3.8) is 0 Å². The summed E-state index contributed by atoms with van der Waals surface area (Å²) in [5, 5.41) is 3.21. The van der Waals surface area contributed by atoms with Gasteiger partial charge in [0.15, 0.2) is 0 Å². The zero-order valence-corrected chi connectivity index (χ0v) is 11.9. The van der Waals surface area contributed by atoms with Crippen molar-refractivity contribution in [2.45, 2.75) is 39.5 Å². The molecule has 3 nitrogen and oxygen atoms in total. The van der Waals surface area contributed by atoms with Gasteiger partial charge in [0, 0.05) is 30.9 Å². The number of hydrogen-bond donors (Lipinski definition) is 1. The molecule has 1 aromatic rings. The van der Waals surface area contributed by atoms with Gasteiger partial charge >= 0.3 is 0 Å². The topological polar surface area (TPSA) is 24.5 Å². The van der Waals surface area contributed by atoms with Crippen molar-refractivity contribution in [1.29, 1.82) is 0 Å². The van der Waals surface area contributed by atoms with E-state index in [0.29, 0.717) is 6.54 Å². The molecule has 1 fully saturated rings. The number of rotatable bonds is 4. The van der Waals surface area contributed by atoms with Crippen LogP contribution >= 0.6 is 0 Å². The Labute approximate surface area is 114 Å². The molecule has 2 rings (SSSR count). The van der Waals surface area contributed by atoms with Crippen LogP contribution in [0.15, 0.2) is 18.2 Å². The Morgan fingerprint density at radius 3 is 2.63 bits per heavy atom. The van der Waals surface area contributed by atoms with Crippen LogP contribution in [-0.2, 0) is 11.3 Å². The van der Waals surface area contributed by atoms with Gasteiger partial charge in [0.25, 0.3) is 0 Å². The summed E-state index contributed by atoms with van der Waals surface area (Å²) in [6, 6.07) is 5.31. The van der Waals surface area contributed by atoms with E-state index >= 15 is 0 Å². The summed E-state index contributed by atoms with van der Waals surface area (Å²) >= 11 is 0. The van der Waals surface area contributed by atoms with E-state index in [9.17, 15) is 4.39 Å². The molecule has 1 N–H and O–H groups in total. The average Bonchev–Trinajstić information content (AvgIpc) is 2.36. The molecule has 0 unspecified atom stereocenters. The molecule has 19 heavy (non-hydrogen) atoms. The van der Waals surface area contributed by atoms with Gasteiger partial charge in [0.05, 0.1) is 12.2 Å². The Kier molecular flexibility index (Phi) is 4.77. The number of anilines is 1. The van der Waals surface area contributed by atoms with E-state index < -0.39 is 0 Å². The summed E-state index contributed by atoms with van der Waals surface area (Å²) in [4.78, 5) is 2.23. The first-order valence-corrected chi connectivity index (χ1v) is 7.00. The van der Waals surface area contributed by atoms with E-state index in [1.54, 1.807) is 6.07 Å². The van der Waals surface area contributed by atoms with Crippen molar-refractivity contribution in [3.05, 3.63) is 29.6 Å². The number of ether oxygens (including phenoxy) is 1.